The quantitative estimate of drug-likeness (QED) is 0.900. The topological polar surface area (TPSA) is 65.8 Å². The predicted octanol–water partition coefficient (Wildman–Crippen LogP) is 2.46. The van der Waals surface area contributed by atoms with Crippen molar-refractivity contribution in [2.45, 2.75) is 6.42 Å². The molecule has 5 heteroatoms. The first kappa shape index (κ1) is 11.3. The van der Waals surface area contributed by atoms with Gasteiger partial charge in [0.15, 0.2) is 0 Å². The zero-order valence-electron chi connectivity index (χ0n) is 8.88. The van der Waals surface area contributed by atoms with Crippen molar-refractivity contribution in [3.05, 3.63) is 46.4 Å². The van der Waals surface area contributed by atoms with Gasteiger partial charge in [0, 0.05) is 11.1 Å². The number of hydrogen-bond acceptors (Lipinski definition) is 4. The van der Waals surface area contributed by atoms with Crippen LogP contribution in [0.1, 0.15) is 16.1 Å². The fraction of sp³-hybridized carbons (Fsp3) is 0.0833. The van der Waals surface area contributed by atoms with E-state index in [1.807, 2.05) is 12.1 Å². The summed E-state index contributed by atoms with van der Waals surface area (Å²) in [6, 6.07) is 9.26. The molecule has 0 atom stereocenters. The number of rotatable bonds is 3. The summed E-state index contributed by atoms with van der Waals surface area (Å²) in [5, 5.41) is 13.0. The molecule has 84 valence electrons. The second kappa shape index (κ2) is 5.23. The van der Waals surface area contributed by atoms with Gasteiger partial charge in [-0.2, -0.15) is 5.26 Å². The molecule has 0 saturated heterocycles. The van der Waals surface area contributed by atoms with Crippen LogP contribution in [-0.4, -0.2) is 10.9 Å². The molecule has 1 amide bonds. The van der Waals surface area contributed by atoms with Crippen molar-refractivity contribution in [3.63, 3.8) is 0 Å². The Bertz CT molecular complexity index is 540. The standard InChI is InChI=1S/C12H9N3OS/c13-6-5-9-1-3-10(4-2-9)15-12(16)11-7-17-8-14-11/h1-4,7-8H,5H2,(H,15,16). The Morgan fingerprint density at radius 3 is 2.76 bits per heavy atom. The van der Waals surface area contributed by atoms with Crippen LogP contribution in [0.4, 0.5) is 5.69 Å². The highest BCUT2D eigenvalue weighted by molar-refractivity contribution is 7.07. The lowest BCUT2D eigenvalue weighted by Crippen LogP contribution is -2.11. The molecule has 1 aromatic carbocycles. The highest BCUT2D eigenvalue weighted by atomic mass is 32.1. The molecule has 1 aromatic heterocycles. The van der Waals surface area contributed by atoms with Crippen LogP contribution >= 0.6 is 11.3 Å². The monoisotopic (exact) mass is 243 g/mol. The minimum absolute atomic E-state index is 0.223. The largest absolute Gasteiger partial charge is 0.321 e. The maximum absolute atomic E-state index is 11.7. The van der Waals surface area contributed by atoms with Gasteiger partial charge in [0.2, 0.25) is 0 Å². The number of anilines is 1. The van der Waals surface area contributed by atoms with Gasteiger partial charge in [-0.05, 0) is 17.7 Å². The summed E-state index contributed by atoms with van der Waals surface area (Å²) < 4.78 is 0. The number of thiazole rings is 1. The molecule has 17 heavy (non-hydrogen) atoms. The predicted molar refractivity (Wildman–Crippen MR) is 65.8 cm³/mol. The molecule has 1 heterocycles. The summed E-state index contributed by atoms with van der Waals surface area (Å²) in [5.41, 5.74) is 3.66. The van der Waals surface area contributed by atoms with Gasteiger partial charge in [-0.25, -0.2) is 4.98 Å². The zero-order valence-corrected chi connectivity index (χ0v) is 9.70. The molecule has 0 fully saturated rings. The number of benzene rings is 1. The minimum atomic E-state index is -0.223. The number of amides is 1. The first-order valence-electron chi connectivity index (χ1n) is 4.95. The minimum Gasteiger partial charge on any atom is -0.321 e. The summed E-state index contributed by atoms with van der Waals surface area (Å²) in [7, 11) is 0. The number of nitrogens with zero attached hydrogens (tertiary/aromatic N) is 2. The molecule has 0 unspecified atom stereocenters. The average Bonchev–Trinajstić information content (AvgIpc) is 2.86. The van der Waals surface area contributed by atoms with E-state index in [2.05, 4.69) is 16.4 Å². The van der Waals surface area contributed by atoms with E-state index in [0.29, 0.717) is 17.8 Å². The third kappa shape index (κ3) is 2.89. The van der Waals surface area contributed by atoms with Gasteiger partial charge in [0.05, 0.1) is 18.0 Å². The summed E-state index contributed by atoms with van der Waals surface area (Å²) in [4.78, 5) is 15.6. The molecule has 2 aromatic rings. The number of nitriles is 1. The van der Waals surface area contributed by atoms with E-state index < -0.39 is 0 Å². The summed E-state index contributed by atoms with van der Waals surface area (Å²) in [6.07, 6.45) is 0.375. The smallest absolute Gasteiger partial charge is 0.275 e. The second-order valence-electron chi connectivity index (χ2n) is 3.36. The fourth-order valence-corrected chi connectivity index (χ4v) is 1.85. The third-order valence-corrected chi connectivity index (χ3v) is 2.75. The number of aromatic nitrogens is 1. The molecular weight excluding hydrogens is 234 g/mol. The van der Waals surface area contributed by atoms with Gasteiger partial charge < -0.3 is 5.32 Å². The third-order valence-electron chi connectivity index (χ3n) is 2.16. The van der Waals surface area contributed by atoms with Gasteiger partial charge in [-0.1, -0.05) is 12.1 Å². The molecule has 0 saturated carbocycles. The Balaban J connectivity index is 2.05. The van der Waals surface area contributed by atoms with Gasteiger partial charge in [-0.3, -0.25) is 4.79 Å². The van der Waals surface area contributed by atoms with Crippen LogP contribution in [0.25, 0.3) is 0 Å². The van der Waals surface area contributed by atoms with Crippen molar-refractivity contribution in [2.75, 3.05) is 5.32 Å². The Hall–Kier alpha value is -2.19. The molecule has 0 bridgehead atoms. The van der Waals surface area contributed by atoms with E-state index in [-0.39, 0.29) is 5.91 Å². The van der Waals surface area contributed by atoms with E-state index in [0.717, 1.165) is 5.56 Å². The first-order valence-corrected chi connectivity index (χ1v) is 5.89. The molecular formula is C12H9N3OS. The van der Waals surface area contributed by atoms with Crippen LogP contribution in [0.15, 0.2) is 35.2 Å². The van der Waals surface area contributed by atoms with E-state index in [4.69, 9.17) is 5.26 Å². The van der Waals surface area contributed by atoms with Gasteiger partial charge in [-0.15, -0.1) is 11.3 Å². The lowest BCUT2D eigenvalue weighted by Gasteiger charge is -2.03. The molecule has 0 radical (unpaired) electrons. The van der Waals surface area contributed by atoms with Crippen LogP contribution < -0.4 is 5.32 Å². The highest BCUT2D eigenvalue weighted by Gasteiger charge is 2.07. The fourth-order valence-electron chi connectivity index (χ4n) is 1.32. The Kier molecular flexibility index (Phi) is 3.48. The van der Waals surface area contributed by atoms with Crippen molar-refractivity contribution < 1.29 is 4.79 Å². The van der Waals surface area contributed by atoms with Crippen molar-refractivity contribution in [1.82, 2.24) is 4.98 Å². The summed E-state index contributed by atoms with van der Waals surface area (Å²) in [5.74, 6) is -0.223. The van der Waals surface area contributed by atoms with E-state index >= 15 is 0 Å². The number of carbonyl (C=O) groups excluding carboxylic acids is 1. The van der Waals surface area contributed by atoms with E-state index in [9.17, 15) is 4.79 Å². The maximum Gasteiger partial charge on any atom is 0.275 e. The average molecular weight is 243 g/mol. The van der Waals surface area contributed by atoms with Gasteiger partial charge >= 0.3 is 0 Å². The van der Waals surface area contributed by atoms with Gasteiger partial charge in [0.1, 0.15) is 5.69 Å². The molecule has 4 nitrogen and oxygen atoms in total. The van der Waals surface area contributed by atoms with E-state index in [1.165, 1.54) is 11.3 Å². The lowest BCUT2D eigenvalue weighted by molar-refractivity contribution is 0.102. The van der Waals surface area contributed by atoms with Crippen LogP contribution in [0.2, 0.25) is 0 Å². The van der Waals surface area contributed by atoms with Crippen LogP contribution in [0, 0.1) is 11.3 Å². The van der Waals surface area contributed by atoms with Crippen molar-refractivity contribution in [3.8, 4) is 6.07 Å². The second-order valence-corrected chi connectivity index (χ2v) is 4.08. The van der Waals surface area contributed by atoms with E-state index in [1.54, 1.807) is 23.0 Å². The van der Waals surface area contributed by atoms with Crippen molar-refractivity contribution in [2.24, 2.45) is 0 Å². The number of nitrogens with one attached hydrogen (secondary N) is 1. The molecule has 0 aliphatic carbocycles. The summed E-state index contributed by atoms with van der Waals surface area (Å²) >= 11 is 1.38. The zero-order chi connectivity index (χ0) is 12.1. The maximum atomic E-state index is 11.7. The molecule has 0 aliphatic heterocycles. The van der Waals surface area contributed by atoms with Gasteiger partial charge in [0.25, 0.3) is 5.91 Å². The molecule has 2 rings (SSSR count). The Labute approximate surface area is 103 Å². The van der Waals surface area contributed by atoms with Crippen molar-refractivity contribution in [1.29, 1.82) is 5.26 Å². The lowest BCUT2D eigenvalue weighted by atomic mass is 10.1. The van der Waals surface area contributed by atoms with Crippen LogP contribution in [0.3, 0.4) is 0 Å². The number of carbonyl (C=O) groups is 1. The van der Waals surface area contributed by atoms with Crippen molar-refractivity contribution >= 4 is 22.9 Å². The molecule has 1 N–H and O–H groups in total. The summed E-state index contributed by atoms with van der Waals surface area (Å²) in [6.45, 7) is 0. The SMILES string of the molecule is N#CCc1ccc(NC(=O)c2cscn2)cc1. The number of hydrogen-bond donors (Lipinski definition) is 1. The Morgan fingerprint density at radius 1 is 1.41 bits per heavy atom. The Morgan fingerprint density at radius 2 is 2.18 bits per heavy atom. The molecule has 0 aliphatic rings. The highest BCUT2D eigenvalue weighted by Crippen LogP contribution is 2.11. The first-order chi connectivity index (χ1) is 8.29. The van der Waals surface area contributed by atoms with Crippen LogP contribution in [0.5, 0.6) is 0 Å². The molecule has 0 spiro atoms. The van der Waals surface area contributed by atoms with Crippen LogP contribution in [-0.2, 0) is 6.42 Å². The normalized spacial score (nSPS) is 9.59.